The van der Waals surface area contributed by atoms with Crippen molar-refractivity contribution >= 4 is 16.2 Å². The van der Waals surface area contributed by atoms with E-state index in [1.54, 1.807) is 13.8 Å². The van der Waals surface area contributed by atoms with Crippen LogP contribution < -0.4 is 4.72 Å². The lowest BCUT2D eigenvalue weighted by Gasteiger charge is -2.41. The average molecular weight is 278 g/mol. The molecule has 0 spiro atoms. The molecule has 6 nitrogen and oxygen atoms in total. The van der Waals surface area contributed by atoms with Crippen LogP contribution in [0.15, 0.2) is 0 Å². The smallest absolute Gasteiger partial charge is 0.303 e. The number of hydrogen-bond donors (Lipinski definition) is 2. The summed E-state index contributed by atoms with van der Waals surface area (Å²) in [7, 11) is -3.48. The van der Waals surface area contributed by atoms with Gasteiger partial charge in [0.05, 0.1) is 6.42 Å². The predicted octanol–water partition coefficient (Wildman–Crippen LogP) is 0.808. The first kappa shape index (κ1) is 15.4. The van der Waals surface area contributed by atoms with E-state index in [1.807, 2.05) is 0 Å². The quantitative estimate of drug-likeness (QED) is 0.688. The number of nitrogens with one attached hydrogen (secondary N) is 1. The molecular weight excluding hydrogens is 256 g/mol. The highest BCUT2D eigenvalue weighted by Gasteiger charge is 2.40. The van der Waals surface area contributed by atoms with Gasteiger partial charge in [0, 0.05) is 19.6 Å². The Morgan fingerprint density at radius 2 is 1.89 bits per heavy atom. The monoisotopic (exact) mass is 278 g/mol. The summed E-state index contributed by atoms with van der Waals surface area (Å²) in [5, 5.41) is 8.86. The van der Waals surface area contributed by atoms with E-state index in [0.29, 0.717) is 13.1 Å². The number of carbonyl (C=O) groups is 1. The van der Waals surface area contributed by atoms with Crippen LogP contribution in [-0.2, 0) is 15.0 Å². The molecule has 1 rings (SSSR count). The van der Waals surface area contributed by atoms with Crippen molar-refractivity contribution in [2.24, 2.45) is 5.41 Å². The lowest BCUT2D eigenvalue weighted by atomic mass is 9.67. The molecule has 0 aromatic carbocycles. The third kappa shape index (κ3) is 3.66. The maximum atomic E-state index is 11.9. The first-order valence-corrected chi connectivity index (χ1v) is 7.76. The molecule has 0 aromatic heterocycles. The van der Waals surface area contributed by atoms with Gasteiger partial charge in [-0.2, -0.15) is 12.7 Å². The maximum absolute atomic E-state index is 11.9. The Labute approximate surface area is 109 Å². The van der Waals surface area contributed by atoms with Gasteiger partial charge in [0.25, 0.3) is 10.2 Å². The number of nitrogens with zero attached hydrogens (tertiary/aromatic N) is 1. The molecule has 0 saturated heterocycles. The van der Waals surface area contributed by atoms with E-state index in [-0.39, 0.29) is 18.4 Å². The lowest BCUT2D eigenvalue weighted by Crippen LogP contribution is -2.48. The predicted molar refractivity (Wildman–Crippen MR) is 68.4 cm³/mol. The van der Waals surface area contributed by atoms with E-state index < -0.39 is 16.2 Å². The summed E-state index contributed by atoms with van der Waals surface area (Å²) in [6, 6.07) is 0. The van der Waals surface area contributed by atoms with Crippen LogP contribution in [0.25, 0.3) is 0 Å². The molecule has 1 saturated carbocycles. The van der Waals surface area contributed by atoms with Crippen molar-refractivity contribution in [1.82, 2.24) is 9.03 Å². The minimum atomic E-state index is -3.48. The highest BCUT2D eigenvalue weighted by Crippen LogP contribution is 2.43. The fourth-order valence-corrected chi connectivity index (χ4v) is 3.66. The fourth-order valence-electron chi connectivity index (χ4n) is 2.31. The first-order chi connectivity index (χ1) is 8.35. The van der Waals surface area contributed by atoms with Gasteiger partial charge >= 0.3 is 5.97 Å². The highest BCUT2D eigenvalue weighted by atomic mass is 32.2. The van der Waals surface area contributed by atoms with E-state index >= 15 is 0 Å². The Bertz CT molecular complexity index is 386. The van der Waals surface area contributed by atoms with Gasteiger partial charge in [-0.25, -0.2) is 4.72 Å². The minimum Gasteiger partial charge on any atom is -0.481 e. The van der Waals surface area contributed by atoms with Crippen molar-refractivity contribution < 1.29 is 18.3 Å². The zero-order valence-corrected chi connectivity index (χ0v) is 11.8. The third-order valence-corrected chi connectivity index (χ3v) is 5.32. The molecule has 106 valence electrons. The Morgan fingerprint density at radius 1 is 1.33 bits per heavy atom. The summed E-state index contributed by atoms with van der Waals surface area (Å²) in [4.78, 5) is 10.8. The van der Waals surface area contributed by atoms with Crippen LogP contribution in [0.2, 0.25) is 0 Å². The molecule has 0 heterocycles. The summed E-state index contributed by atoms with van der Waals surface area (Å²) in [6.07, 6.45) is 2.56. The summed E-state index contributed by atoms with van der Waals surface area (Å²) in [5.74, 6) is -0.864. The standard InChI is InChI=1S/C11H22N2O4S/c1-3-13(4-2)18(16,17)12-9-11(6-5-7-11)8-10(14)15/h12H,3-9H2,1-2H3,(H,14,15). The Morgan fingerprint density at radius 3 is 2.22 bits per heavy atom. The maximum Gasteiger partial charge on any atom is 0.303 e. The average Bonchev–Trinajstić information content (AvgIpc) is 2.22. The van der Waals surface area contributed by atoms with Gasteiger partial charge in [-0.15, -0.1) is 0 Å². The molecule has 1 aliphatic carbocycles. The fraction of sp³-hybridized carbons (Fsp3) is 0.909. The molecule has 1 aliphatic rings. The number of hydrogen-bond acceptors (Lipinski definition) is 3. The van der Waals surface area contributed by atoms with Crippen LogP contribution in [0, 0.1) is 5.41 Å². The molecule has 2 N–H and O–H groups in total. The summed E-state index contributed by atoms with van der Waals surface area (Å²) in [6.45, 7) is 4.60. The van der Waals surface area contributed by atoms with E-state index in [2.05, 4.69) is 4.72 Å². The second kappa shape index (κ2) is 5.99. The molecule has 7 heteroatoms. The molecule has 0 bridgehead atoms. The molecule has 0 unspecified atom stereocenters. The normalized spacial score (nSPS) is 18.6. The van der Waals surface area contributed by atoms with Crippen LogP contribution in [0.5, 0.6) is 0 Å². The van der Waals surface area contributed by atoms with Crippen molar-refractivity contribution in [1.29, 1.82) is 0 Å². The Hall–Kier alpha value is -0.660. The van der Waals surface area contributed by atoms with Gasteiger partial charge in [0.1, 0.15) is 0 Å². The van der Waals surface area contributed by atoms with Crippen LogP contribution in [0.4, 0.5) is 0 Å². The minimum absolute atomic E-state index is 0.0355. The zero-order valence-electron chi connectivity index (χ0n) is 11.0. The van der Waals surface area contributed by atoms with E-state index in [1.165, 1.54) is 4.31 Å². The molecular formula is C11H22N2O4S. The molecule has 18 heavy (non-hydrogen) atoms. The van der Waals surface area contributed by atoms with E-state index in [4.69, 9.17) is 5.11 Å². The number of aliphatic carboxylic acids is 1. The van der Waals surface area contributed by atoms with Gasteiger partial charge in [0.2, 0.25) is 0 Å². The summed E-state index contributed by atoms with van der Waals surface area (Å²) in [5.41, 5.74) is -0.383. The number of rotatable bonds is 8. The number of carboxylic acid groups (broad SMARTS) is 1. The number of carboxylic acids is 1. The molecule has 0 radical (unpaired) electrons. The molecule has 0 aromatic rings. The lowest BCUT2D eigenvalue weighted by molar-refractivity contribution is -0.141. The van der Waals surface area contributed by atoms with Crippen molar-refractivity contribution in [3.05, 3.63) is 0 Å². The van der Waals surface area contributed by atoms with E-state index in [0.717, 1.165) is 19.3 Å². The SMILES string of the molecule is CCN(CC)S(=O)(=O)NCC1(CC(=O)O)CCC1. The topological polar surface area (TPSA) is 86.7 Å². The Balaban J connectivity index is 2.60. The zero-order chi connectivity index (χ0) is 13.8. The second-order valence-corrected chi connectivity index (χ2v) is 6.59. The molecule has 0 aliphatic heterocycles. The first-order valence-electron chi connectivity index (χ1n) is 6.32. The summed E-state index contributed by atoms with van der Waals surface area (Å²) >= 11 is 0. The van der Waals surface area contributed by atoms with Crippen LogP contribution in [0.3, 0.4) is 0 Å². The van der Waals surface area contributed by atoms with Crippen LogP contribution in [-0.4, -0.2) is 43.4 Å². The molecule has 0 atom stereocenters. The Kier molecular flexibility index (Phi) is 5.12. The molecule has 1 fully saturated rings. The van der Waals surface area contributed by atoms with Crippen LogP contribution >= 0.6 is 0 Å². The van der Waals surface area contributed by atoms with Gasteiger partial charge in [-0.1, -0.05) is 20.3 Å². The van der Waals surface area contributed by atoms with Crippen molar-refractivity contribution in [3.63, 3.8) is 0 Å². The molecule has 0 amide bonds. The van der Waals surface area contributed by atoms with Crippen LogP contribution in [0.1, 0.15) is 39.5 Å². The van der Waals surface area contributed by atoms with Crippen molar-refractivity contribution in [2.45, 2.75) is 39.5 Å². The van der Waals surface area contributed by atoms with Gasteiger partial charge in [0.15, 0.2) is 0 Å². The summed E-state index contributed by atoms with van der Waals surface area (Å²) < 4.78 is 27.7. The highest BCUT2D eigenvalue weighted by molar-refractivity contribution is 7.87. The van der Waals surface area contributed by atoms with Gasteiger partial charge < -0.3 is 5.11 Å². The second-order valence-electron chi connectivity index (χ2n) is 4.83. The van der Waals surface area contributed by atoms with Crippen molar-refractivity contribution in [2.75, 3.05) is 19.6 Å². The largest absolute Gasteiger partial charge is 0.481 e. The van der Waals surface area contributed by atoms with E-state index in [9.17, 15) is 13.2 Å². The van der Waals surface area contributed by atoms with Crippen molar-refractivity contribution in [3.8, 4) is 0 Å². The third-order valence-electron chi connectivity index (χ3n) is 3.62. The van der Waals surface area contributed by atoms with Gasteiger partial charge in [-0.3, -0.25) is 4.79 Å². The van der Waals surface area contributed by atoms with Gasteiger partial charge in [-0.05, 0) is 18.3 Å².